The first-order valence-electron chi connectivity index (χ1n) is 26.3. The highest BCUT2D eigenvalue weighted by Crippen LogP contribution is 2.36. The first kappa shape index (κ1) is 67.6. The van der Waals surface area contributed by atoms with E-state index in [2.05, 4.69) is 31.0 Å². The van der Waals surface area contributed by atoms with Gasteiger partial charge in [0.2, 0.25) is 28.2 Å². The summed E-state index contributed by atoms with van der Waals surface area (Å²) in [6, 6.07) is -0.741. The molecule has 8 N–H and O–H groups in total. The number of guanidine groups is 1. The van der Waals surface area contributed by atoms with Gasteiger partial charge in [0.05, 0.1) is 42.2 Å². The summed E-state index contributed by atoms with van der Waals surface area (Å²) < 4.78 is 76.9. The number of ether oxygens (including phenoxy) is 8. The molecule has 2 aliphatic heterocycles. The Kier molecular flexibility index (Phi) is 21.8. The second-order valence-electron chi connectivity index (χ2n) is 25.4. The summed E-state index contributed by atoms with van der Waals surface area (Å²) in [4.78, 5) is 82.8. The third kappa shape index (κ3) is 21.1. The van der Waals surface area contributed by atoms with Crippen molar-refractivity contribution in [1.29, 1.82) is 0 Å². The van der Waals surface area contributed by atoms with E-state index in [0.29, 0.717) is 0 Å². The van der Waals surface area contributed by atoms with E-state index < -0.39 is 170 Å². The summed E-state index contributed by atoms with van der Waals surface area (Å²) in [6.07, 6.45) is -14.1. The summed E-state index contributed by atoms with van der Waals surface area (Å²) >= 11 is 0. The molecule has 1 aromatic carbocycles. The van der Waals surface area contributed by atoms with Crippen molar-refractivity contribution in [3.05, 3.63) is 46.2 Å². The van der Waals surface area contributed by atoms with E-state index in [-0.39, 0.29) is 25.0 Å². The Balaban J connectivity index is 1.89. The molecule has 3 aliphatic rings. The van der Waals surface area contributed by atoms with Gasteiger partial charge in [0.1, 0.15) is 58.2 Å². The van der Waals surface area contributed by atoms with E-state index in [4.69, 9.17) is 37.9 Å². The number of nitrogens with zero attached hydrogens (tertiary/aromatic N) is 3. The number of aliphatic hydroxyl groups is 3. The molecule has 28 nitrogen and oxygen atoms in total. The van der Waals surface area contributed by atoms with Gasteiger partial charge in [-0.15, -0.1) is 4.99 Å². The molecule has 0 spiro atoms. The maximum absolute atomic E-state index is 13.9. The number of nitrogens with one attached hydrogen (secondary N) is 5. The van der Waals surface area contributed by atoms with Crippen molar-refractivity contribution < 1.29 is 90.5 Å². The number of nitro benzene ring substituents is 1. The molecule has 0 radical (unpaired) electrons. The summed E-state index contributed by atoms with van der Waals surface area (Å²) in [5, 5.41) is 59.1. The van der Waals surface area contributed by atoms with Crippen molar-refractivity contribution in [2.45, 2.75) is 224 Å². The molecule has 1 saturated heterocycles. The zero-order chi connectivity index (χ0) is 61.6. The number of rotatable bonds is 14. The molecular formula is C52H84N8O20S. The number of amides is 5. The second kappa shape index (κ2) is 26.1. The summed E-state index contributed by atoms with van der Waals surface area (Å²) in [6.45, 7) is 24.7. The lowest BCUT2D eigenvalue weighted by atomic mass is 9.82. The van der Waals surface area contributed by atoms with E-state index in [1.165, 1.54) is 32.2 Å². The van der Waals surface area contributed by atoms with Crippen LogP contribution in [0.2, 0.25) is 0 Å². The molecule has 1 aromatic rings. The van der Waals surface area contributed by atoms with Crippen LogP contribution in [0.15, 0.2) is 46.0 Å². The quantitative estimate of drug-likeness (QED) is 0.0422. The van der Waals surface area contributed by atoms with E-state index in [1.54, 1.807) is 83.1 Å². The highest BCUT2D eigenvalue weighted by Gasteiger charge is 2.55. The molecule has 4 rings (SSSR count). The molecule has 0 aromatic heterocycles. The summed E-state index contributed by atoms with van der Waals surface area (Å²) in [7, 11) is -3.34. The highest BCUT2D eigenvalue weighted by molar-refractivity contribution is 7.89. The van der Waals surface area contributed by atoms with Gasteiger partial charge in [-0.2, -0.15) is 0 Å². The molecule has 29 heteroatoms. The smallest absolute Gasteiger partial charge is 0.437 e. The lowest BCUT2D eigenvalue weighted by molar-refractivity contribution is -0.387. The maximum Gasteiger partial charge on any atom is 0.437 e. The number of alkyl carbamates (subject to hydrolysis) is 2. The van der Waals surface area contributed by atoms with Gasteiger partial charge < -0.3 is 74.1 Å². The lowest BCUT2D eigenvalue weighted by Gasteiger charge is -2.50. The van der Waals surface area contributed by atoms with Gasteiger partial charge in [-0.3, -0.25) is 20.2 Å². The van der Waals surface area contributed by atoms with Gasteiger partial charge in [-0.1, -0.05) is 32.9 Å². The number of aliphatic imine (C=N–C) groups is 1. The Hall–Kier alpha value is -5.95. The molecule has 1 saturated carbocycles. The average molecular weight is 1170 g/mol. The van der Waals surface area contributed by atoms with Crippen LogP contribution in [-0.4, -0.2) is 179 Å². The van der Waals surface area contributed by atoms with Gasteiger partial charge in [-0.05, 0) is 120 Å². The fraction of sp³-hybridized carbons (Fsp3) is 0.731. The lowest BCUT2D eigenvalue weighted by Crippen LogP contribution is -2.70. The van der Waals surface area contributed by atoms with Crippen molar-refractivity contribution in [2.24, 2.45) is 10.4 Å². The monoisotopic (exact) mass is 1170 g/mol. The van der Waals surface area contributed by atoms with Crippen LogP contribution in [0.4, 0.5) is 24.9 Å². The van der Waals surface area contributed by atoms with Crippen LogP contribution in [-0.2, 0) is 52.7 Å². The van der Waals surface area contributed by atoms with E-state index in [1.807, 2.05) is 20.8 Å². The minimum absolute atomic E-state index is 0.0468. The molecule has 11 atom stereocenters. The number of aliphatic hydroxyl groups excluding tert-OH is 2. The molecule has 0 bridgehead atoms. The first-order valence-corrected chi connectivity index (χ1v) is 27.7. The maximum atomic E-state index is 13.9. The van der Waals surface area contributed by atoms with Crippen LogP contribution in [0.1, 0.15) is 130 Å². The zero-order valence-corrected chi connectivity index (χ0v) is 50.0. The minimum Gasteiger partial charge on any atom is -0.466 e. The van der Waals surface area contributed by atoms with Crippen molar-refractivity contribution in [3.63, 3.8) is 0 Å². The van der Waals surface area contributed by atoms with E-state index in [0.717, 1.165) is 17.0 Å². The molecule has 2 fully saturated rings. The number of carbonyl (C=O) groups is 5. The van der Waals surface area contributed by atoms with Crippen LogP contribution in [0, 0.1) is 15.5 Å². The van der Waals surface area contributed by atoms with Crippen molar-refractivity contribution in [1.82, 2.24) is 30.9 Å². The third-order valence-corrected chi connectivity index (χ3v) is 13.1. The number of para-hydroxylation sites is 1. The van der Waals surface area contributed by atoms with Crippen LogP contribution in [0.5, 0.6) is 0 Å². The Morgan fingerprint density at radius 3 is 1.88 bits per heavy atom. The molecule has 2 heterocycles. The predicted octanol–water partition coefficient (Wildman–Crippen LogP) is 4.33. The van der Waals surface area contributed by atoms with Crippen molar-refractivity contribution in [2.75, 3.05) is 20.2 Å². The van der Waals surface area contributed by atoms with Crippen LogP contribution < -0.4 is 26.0 Å². The van der Waals surface area contributed by atoms with Crippen LogP contribution >= 0.6 is 0 Å². The normalized spacial score (nSPS) is 26.8. The Morgan fingerprint density at radius 1 is 0.778 bits per heavy atom. The van der Waals surface area contributed by atoms with Crippen molar-refractivity contribution in [3.8, 4) is 0 Å². The van der Waals surface area contributed by atoms with Gasteiger partial charge >= 0.3 is 24.4 Å². The number of benzene rings is 1. The predicted molar refractivity (Wildman–Crippen MR) is 290 cm³/mol. The minimum atomic E-state index is -4.63. The first-order chi connectivity index (χ1) is 36.8. The van der Waals surface area contributed by atoms with Crippen LogP contribution in [0.25, 0.3) is 0 Å². The number of likely N-dealkylation sites (N-methyl/N-ethyl adjacent to an activating group) is 1. The molecule has 0 unspecified atom stereocenters. The van der Waals surface area contributed by atoms with E-state index >= 15 is 0 Å². The number of sulfonamides is 1. The van der Waals surface area contributed by atoms with Gasteiger partial charge in [0.15, 0.2) is 11.2 Å². The largest absolute Gasteiger partial charge is 0.466 e. The van der Waals surface area contributed by atoms with Crippen molar-refractivity contribution >= 4 is 52.0 Å². The standard InChI is InChI=1S/C52H84N8O20S/c1-47(2,3)25-34(61)54-30-24-31(56-43(64)77-48(4,5)6)38(35(62)37(30)76-41-36(63)39(52(16,68)27-73-41)59(17)46(67)80-51(13,14)15)75-40-29(55-42(57-44(65)78-49(7,8)9)58-45(66)79-50(10,11)12)23-22-28(74-40)26-53-81(71,72)33-21-19-18-20-32(33)60(69)70/h18-22,29-31,35-41,53,62-63,68H,23-27H2,1-17H3,(H,54,61)(H,56,64)(H2,55,57,58,65,66)/t29-,30-,31+,35-,36-,37+,38-,39-,40-,41-,52+/m1/s1. The second-order valence-corrected chi connectivity index (χ2v) is 27.2. The topological polar surface area (TPSA) is 373 Å². The van der Waals surface area contributed by atoms with Crippen LogP contribution in [0.3, 0.4) is 0 Å². The summed E-state index contributed by atoms with van der Waals surface area (Å²) in [5.74, 6) is -1.24. The average Bonchev–Trinajstić information content (AvgIpc) is 3.26. The number of hydrogen-bond acceptors (Lipinski definition) is 20. The van der Waals surface area contributed by atoms with E-state index in [9.17, 15) is 57.8 Å². The number of hydrogen-bond donors (Lipinski definition) is 8. The molecular weight excluding hydrogens is 1090 g/mol. The van der Waals surface area contributed by atoms with Gasteiger partial charge in [0.25, 0.3) is 5.69 Å². The SMILES string of the molecule is CN(C(=O)OC(C)(C)C)[C@@H]1[C@@H](O)[C@@H](O[C@@H]2[C@@H](O)[C@H](O[C@H]3OC(CNS(=O)(=O)c4ccccc4[N+](=O)[O-])=CC[C@H]3N/C(=N/C(=O)OC(C)(C)C)NC(=O)OC(C)(C)C)[C@@H](NC(=O)OC(C)(C)C)C[C@H]2NC(=O)CC(C)(C)C)OC[C@]1(C)O. The number of carbonyl (C=O) groups excluding carboxylic acids is 5. The highest BCUT2D eigenvalue weighted by atomic mass is 32.2. The third-order valence-electron chi connectivity index (χ3n) is 11.7. The fourth-order valence-corrected chi connectivity index (χ4v) is 9.81. The Bertz CT molecular complexity index is 2600. The Morgan fingerprint density at radius 2 is 1.32 bits per heavy atom. The molecule has 5 amide bonds. The zero-order valence-electron chi connectivity index (χ0n) is 49.2. The van der Waals surface area contributed by atoms with Gasteiger partial charge in [0, 0.05) is 19.5 Å². The molecule has 1 aliphatic carbocycles. The molecule has 81 heavy (non-hydrogen) atoms. The summed E-state index contributed by atoms with van der Waals surface area (Å²) in [5.41, 5.74) is -7.37. The fourth-order valence-electron chi connectivity index (χ4n) is 8.65. The Labute approximate surface area is 472 Å². The van der Waals surface area contributed by atoms with Gasteiger partial charge in [-0.25, -0.2) is 32.3 Å². The number of nitro groups is 1. The molecule has 458 valence electrons.